The summed E-state index contributed by atoms with van der Waals surface area (Å²) in [5.74, 6) is 0. The summed E-state index contributed by atoms with van der Waals surface area (Å²) in [6.45, 7) is 7.12. The average Bonchev–Trinajstić information content (AvgIpc) is 2.23. The molecule has 0 amide bonds. The van der Waals surface area contributed by atoms with E-state index in [2.05, 4.69) is 25.2 Å². The second kappa shape index (κ2) is 4.74. The third-order valence-electron chi connectivity index (χ3n) is 3.08. The van der Waals surface area contributed by atoms with E-state index in [0.717, 1.165) is 24.8 Å². The minimum Gasteiger partial charge on any atom is -0.380 e. The van der Waals surface area contributed by atoms with Gasteiger partial charge in [0.2, 0.25) is 0 Å². The van der Waals surface area contributed by atoms with Crippen molar-refractivity contribution in [1.29, 1.82) is 0 Å². The van der Waals surface area contributed by atoms with E-state index < -0.39 is 0 Å². The van der Waals surface area contributed by atoms with Gasteiger partial charge in [-0.1, -0.05) is 30.7 Å². The predicted molar refractivity (Wildman–Crippen MR) is 66.8 cm³/mol. The van der Waals surface area contributed by atoms with Crippen LogP contribution in [0.2, 0.25) is 5.02 Å². The van der Waals surface area contributed by atoms with Gasteiger partial charge >= 0.3 is 0 Å². The lowest BCUT2D eigenvalue weighted by molar-refractivity contribution is -0.0999. The van der Waals surface area contributed by atoms with Crippen LogP contribution in [-0.4, -0.2) is 19.8 Å². The maximum absolute atomic E-state index is 5.97. The number of halogens is 1. The molecule has 1 fully saturated rings. The van der Waals surface area contributed by atoms with E-state index in [1.54, 1.807) is 0 Å². The average molecular weight is 240 g/mol. The van der Waals surface area contributed by atoms with Crippen molar-refractivity contribution in [2.75, 3.05) is 19.8 Å². The van der Waals surface area contributed by atoms with Crippen molar-refractivity contribution in [3.63, 3.8) is 0 Å². The van der Waals surface area contributed by atoms with Crippen molar-refractivity contribution in [3.05, 3.63) is 34.9 Å². The quantitative estimate of drug-likeness (QED) is 0.872. The second-order valence-corrected chi connectivity index (χ2v) is 5.40. The number of ether oxygens (including phenoxy) is 1. The minimum atomic E-state index is 0.312. The van der Waals surface area contributed by atoms with E-state index >= 15 is 0 Å². The molecule has 0 bridgehead atoms. The van der Waals surface area contributed by atoms with Crippen molar-refractivity contribution in [1.82, 2.24) is 5.32 Å². The highest BCUT2D eigenvalue weighted by Crippen LogP contribution is 2.26. The largest absolute Gasteiger partial charge is 0.380 e. The molecule has 0 spiro atoms. The molecule has 1 aliphatic heterocycles. The highest BCUT2D eigenvalue weighted by Gasteiger charge is 2.33. The third-order valence-corrected chi connectivity index (χ3v) is 3.32. The van der Waals surface area contributed by atoms with Gasteiger partial charge in [-0.05, 0) is 24.6 Å². The molecular formula is C13H18ClNO. The highest BCUT2D eigenvalue weighted by molar-refractivity contribution is 6.30. The highest BCUT2D eigenvalue weighted by atomic mass is 35.5. The van der Waals surface area contributed by atoms with Crippen LogP contribution in [0.5, 0.6) is 0 Å². The maximum Gasteiger partial charge on any atom is 0.0554 e. The second-order valence-electron chi connectivity index (χ2n) is 4.96. The van der Waals surface area contributed by atoms with Crippen LogP contribution < -0.4 is 5.32 Å². The van der Waals surface area contributed by atoms with E-state index in [0.29, 0.717) is 11.5 Å². The van der Waals surface area contributed by atoms with Crippen LogP contribution in [0, 0.1) is 5.41 Å². The topological polar surface area (TPSA) is 21.3 Å². The SMILES string of the molecule is C[C@H](NCC1(C)COC1)c1cccc(Cl)c1. The van der Waals surface area contributed by atoms with E-state index in [4.69, 9.17) is 16.3 Å². The monoisotopic (exact) mass is 239 g/mol. The Bertz CT molecular complexity index is 363. The van der Waals surface area contributed by atoms with Gasteiger partial charge in [-0.15, -0.1) is 0 Å². The zero-order chi connectivity index (χ0) is 11.6. The first-order valence-electron chi connectivity index (χ1n) is 5.66. The molecule has 1 aliphatic rings. The first-order chi connectivity index (χ1) is 7.59. The van der Waals surface area contributed by atoms with Gasteiger partial charge in [-0.3, -0.25) is 0 Å². The molecule has 0 unspecified atom stereocenters. The molecule has 2 rings (SSSR count). The third kappa shape index (κ3) is 2.76. The first-order valence-corrected chi connectivity index (χ1v) is 6.03. The molecule has 88 valence electrons. The van der Waals surface area contributed by atoms with Gasteiger partial charge < -0.3 is 10.1 Å². The molecule has 16 heavy (non-hydrogen) atoms. The molecule has 1 atom stereocenters. The van der Waals surface area contributed by atoms with Crippen LogP contribution in [0.1, 0.15) is 25.5 Å². The van der Waals surface area contributed by atoms with Crippen LogP contribution >= 0.6 is 11.6 Å². The number of benzene rings is 1. The van der Waals surface area contributed by atoms with Crippen molar-refractivity contribution < 1.29 is 4.74 Å². The Hall–Kier alpha value is -0.570. The van der Waals surface area contributed by atoms with Gasteiger partial charge in [0, 0.05) is 23.0 Å². The molecule has 2 nitrogen and oxygen atoms in total. The van der Waals surface area contributed by atoms with Gasteiger partial charge in [-0.25, -0.2) is 0 Å². The van der Waals surface area contributed by atoms with Crippen molar-refractivity contribution in [2.45, 2.75) is 19.9 Å². The number of rotatable bonds is 4. The predicted octanol–water partition coefficient (Wildman–Crippen LogP) is 3.03. The number of hydrogen-bond donors (Lipinski definition) is 1. The molecule has 0 aliphatic carbocycles. The molecule has 0 aromatic heterocycles. The Morgan fingerprint density at radius 3 is 2.81 bits per heavy atom. The lowest BCUT2D eigenvalue weighted by Gasteiger charge is -2.39. The first kappa shape index (κ1) is 11.9. The molecule has 0 radical (unpaired) electrons. The van der Waals surface area contributed by atoms with Gasteiger partial charge in [-0.2, -0.15) is 0 Å². The van der Waals surface area contributed by atoms with Gasteiger partial charge in [0.15, 0.2) is 0 Å². The fourth-order valence-corrected chi connectivity index (χ4v) is 2.04. The Kier molecular flexibility index (Phi) is 3.53. The summed E-state index contributed by atoms with van der Waals surface area (Å²) in [6.07, 6.45) is 0. The van der Waals surface area contributed by atoms with E-state index in [-0.39, 0.29) is 0 Å². The van der Waals surface area contributed by atoms with Gasteiger partial charge in [0.25, 0.3) is 0 Å². The van der Waals surface area contributed by atoms with Crippen LogP contribution in [0.25, 0.3) is 0 Å². The molecule has 1 aromatic carbocycles. The normalized spacial score (nSPS) is 20.2. The van der Waals surface area contributed by atoms with Gasteiger partial charge in [0.1, 0.15) is 0 Å². The lowest BCUT2D eigenvalue weighted by Crippen LogP contribution is -2.47. The summed E-state index contributed by atoms with van der Waals surface area (Å²) in [5.41, 5.74) is 1.55. The zero-order valence-corrected chi connectivity index (χ0v) is 10.6. The smallest absolute Gasteiger partial charge is 0.0554 e. The summed E-state index contributed by atoms with van der Waals surface area (Å²) in [5, 5.41) is 4.33. The standard InChI is InChI=1S/C13H18ClNO/c1-10(11-4-3-5-12(14)6-11)15-7-13(2)8-16-9-13/h3-6,10,15H,7-9H2,1-2H3/t10-/m0/s1. The van der Waals surface area contributed by atoms with Crippen LogP contribution in [0.3, 0.4) is 0 Å². The minimum absolute atomic E-state index is 0.312. The summed E-state index contributed by atoms with van der Waals surface area (Å²) in [6, 6.07) is 8.33. The number of hydrogen-bond acceptors (Lipinski definition) is 2. The molecule has 3 heteroatoms. The molecule has 0 saturated carbocycles. The molecule has 1 N–H and O–H groups in total. The zero-order valence-electron chi connectivity index (χ0n) is 9.79. The maximum atomic E-state index is 5.97. The molecular weight excluding hydrogens is 222 g/mol. The van der Waals surface area contributed by atoms with Crippen molar-refractivity contribution in [3.8, 4) is 0 Å². The fraction of sp³-hybridized carbons (Fsp3) is 0.538. The van der Waals surface area contributed by atoms with Gasteiger partial charge in [0.05, 0.1) is 13.2 Å². The van der Waals surface area contributed by atoms with Crippen molar-refractivity contribution in [2.24, 2.45) is 5.41 Å². The summed E-state index contributed by atoms with van der Waals surface area (Å²) < 4.78 is 5.23. The molecule has 1 heterocycles. The Balaban J connectivity index is 1.90. The number of nitrogens with one attached hydrogen (secondary N) is 1. The summed E-state index contributed by atoms with van der Waals surface area (Å²) in [4.78, 5) is 0. The molecule has 1 saturated heterocycles. The summed E-state index contributed by atoms with van der Waals surface area (Å²) in [7, 11) is 0. The van der Waals surface area contributed by atoms with Crippen LogP contribution in [-0.2, 0) is 4.74 Å². The van der Waals surface area contributed by atoms with E-state index in [1.807, 2.05) is 18.2 Å². The van der Waals surface area contributed by atoms with Crippen molar-refractivity contribution >= 4 is 11.6 Å². The Labute approximate surface area is 102 Å². The summed E-state index contributed by atoms with van der Waals surface area (Å²) >= 11 is 5.97. The van der Waals surface area contributed by atoms with Crippen LogP contribution in [0.4, 0.5) is 0 Å². The molecule has 1 aromatic rings. The Morgan fingerprint density at radius 1 is 1.50 bits per heavy atom. The van der Waals surface area contributed by atoms with Crippen LogP contribution in [0.15, 0.2) is 24.3 Å². The lowest BCUT2D eigenvalue weighted by atomic mass is 9.88. The Morgan fingerprint density at radius 2 is 2.25 bits per heavy atom. The van der Waals surface area contributed by atoms with E-state index in [9.17, 15) is 0 Å². The van der Waals surface area contributed by atoms with E-state index in [1.165, 1.54) is 5.56 Å². The fourth-order valence-electron chi connectivity index (χ4n) is 1.85.